The van der Waals surface area contributed by atoms with Gasteiger partial charge in [0.15, 0.2) is 0 Å². The van der Waals surface area contributed by atoms with Crippen LogP contribution in [0.15, 0.2) is 146 Å². The lowest BCUT2D eigenvalue weighted by molar-refractivity contribution is -0.139. The molecule has 6 aromatic rings. The summed E-state index contributed by atoms with van der Waals surface area (Å²) in [5.74, 6) is 1.34. The van der Waals surface area contributed by atoms with Crippen LogP contribution in [-0.4, -0.2) is 37.1 Å². The quantitative estimate of drug-likeness (QED) is 0.0212. The van der Waals surface area contributed by atoms with E-state index >= 15 is 0 Å². The second-order valence-electron chi connectivity index (χ2n) is 21.2. The topological polar surface area (TPSA) is 124 Å². The molecule has 10 heteroatoms. The van der Waals surface area contributed by atoms with Crippen LogP contribution in [-0.2, 0) is 9.59 Å². The van der Waals surface area contributed by atoms with Crippen LogP contribution >= 0.6 is 0 Å². The van der Waals surface area contributed by atoms with Gasteiger partial charge in [-0.05, 0) is 145 Å². The Morgan fingerprint density at radius 1 is 0.300 bits per heavy atom. The molecule has 6 aromatic carbocycles. The third-order valence-electron chi connectivity index (χ3n) is 14.5. The molecule has 0 saturated carbocycles. The molecule has 0 aliphatic heterocycles. The van der Waals surface area contributed by atoms with Crippen LogP contribution < -0.4 is 28.4 Å². The minimum Gasteiger partial charge on any atom is -0.494 e. The maximum Gasteiger partial charge on any atom is 0.343 e. The zero-order valence-electron chi connectivity index (χ0n) is 48.1. The molecule has 426 valence electrons. The van der Waals surface area contributed by atoms with Gasteiger partial charge < -0.3 is 28.4 Å². The van der Waals surface area contributed by atoms with E-state index in [1.807, 2.05) is 86.6 Å². The molecular formula is C70H86O10. The first-order valence-corrected chi connectivity index (χ1v) is 29.8. The van der Waals surface area contributed by atoms with Crippen LogP contribution in [0.2, 0.25) is 0 Å². The highest BCUT2D eigenvalue weighted by Crippen LogP contribution is 2.28. The fraction of sp³-hybridized carbons (Fsp3) is 0.429. The van der Waals surface area contributed by atoms with Crippen molar-refractivity contribution in [2.24, 2.45) is 11.8 Å². The Morgan fingerprint density at radius 3 is 0.863 bits per heavy atom. The standard InChI is InChI=1S/C70H86O10/c1-5-7-9-11-19-23-51-75-61-39-27-55(28-40-61)57-31-43-65(44-32-57)79-69(73)59-35-47-63(48-36-59)77-67(71)53(3)25-21-17-15-13-14-16-18-22-26-54(4)68(72)78-64-49-37-60(38-50-64)70(74)80-66-45-33-58(34-46-66)56-29-41-62(42-30-56)76-52-24-20-12-10-8-6-2/h27-50,53-54H,5-26,51-52H2,1-4H3/t53-,54-/m0/s1. The molecule has 0 aromatic heterocycles. The van der Waals surface area contributed by atoms with Gasteiger partial charge >= 0.3 is 23.9 Å². The van der Waals surface area contributed by atoms with Gasteiger partial charge in [0, 0.05) is 0 Å². The second-order valence-corrected chi connectivity index (χ2v) is 21.2. The van der Waals surface area contributed by atoms with Crippen LogP contribution in [0.25, 0.3) is 22.3 Å². The number of esters is 4. The summed E-state index contributed by atoms with van der Waals surface area (Å²) in [6, 6.07) is 43.8. The smallest absolute Gasteiger partial charge is 0.343 e. The van der Waals surface area contributed by atoms with E-state index in [4.69, 9.17) is 28.4 Å². The molecule has 80 heavy (non-hydrogen) atoms. The van der Waals surface area contributed by atoms with E-state index in [9.17, 15) is 19.2 Å². The molecule has 0 spiro atoms. The maximum atomic E-state index is 12.9. The van der Waals surface area contributed by atoms with Crippen molar-refractivity contribution in [1.29, 1.82) is 0 Å². The van der Waals surface area contributed by atoms with Crippen molar-refractivity contribution in [2.45, 2.75) is 169 Å². The number of unbranched alkanes of at least 4 members (excludes halogenated alkanes) is 17. The van der Waals surface area contributed by atoms with Crippen molar-refractivity contribution < 1.29 is 47.6 Å². The first-order valence-electron chi connectivity index (χ1n) is 29.8. The molecule has 0 saturated heterocycles. The minimum absolute atomic E-state index is 0.244. The van der Waals surface area contributed by atoms with Gasteiger partial charge in [-0.2, -0.15) is 0 Å². The predicted molar refractivity (Wildman–Crippen MR) is 320 cm³/mol. The molecule has 0 heterocycles. The molecule has 0 N–H and O–H groups in total. The number of ether oxygens (including phenoxy) is 6. The summed E-state index contributed by atoms with van der Waals surface area (Å²) in [7, 11) is 0. The second kappa shape index (κ2) is 35.4. The number of carbonyl (C=O) groups excluding carboxylic acids is 4. The van der Waals surface area contributed by atoms with Gasteiger partial charge in [-0.3, -0.25) is 9.59 Å². The summed E-state index contributed by atoms with van der Waals surface area (Å²) in [6.07, 6.45) is 24.7. The first kappa shape index (κ1) is 62.0. The Labute approximate surface area is 476 Å². The summed E-state index contributed by atoms with van der Waals surface area (Å²) >= 11 is 0. The Bertz CT molecular complexity index is 2520. The molecule has 0 fully saturated rings. The lowest BCUT2D eigenvalue weighted by atomic mass is 10.00. The van der Waals surface area contributed by atoms with E-state index in [1.54, 1.807) is 72.8 Å². The largest absolute Gasteiger partial charge is 0.494 e. The van der Waals surface area contributed by atoms with Gasteiger partial charge in [0.2, 0.25) is 0 Å². The number of rotatable bonds is 37. The minimum atomic E-state index is -0.493. The van der Waals surface area contributed by atoms with Crippen molar-refractivity contribution in [3.8, 4) is 56.8 Å². The van der Waals surface area contributed by atoms with Crippen LogP contribution in [0, 0.1) is 11.8 Å². The zero-order valence-corrected chi connectivity index (χ0v) is 48.1. The average Bonchev–Trinajstić information content (AvgIpc) is 3.49. The molecule has 2 atom stereocenters. The molecule has 0 aliphatic carbocycles. The van der Waals surface area contributed by atoms with Crippen molar-refractivity contribution in [3.63, 3.8) is 0 Å². The SMILES string of the molecule is CCCCCCCCOc1ccc(-c2ccc(OC(=O)c3ccc(OC(=O)[C@@H](C)CCCCCCCCCC[C@H](C)C(=O)Oc4ccc(C(=O)Oc5ccc(-c6ccc(OCCCCCCCC)cc6)cc5)cc4)cc3)cc2)cc1. The Hall–Kier alpha value is -7.20. The van der Waals surface area contributed by atoms with Crippen molar-refractivity contribution in [3.05, 3.63) is 157 Å². The average molecular weight is 1090 g/mol. The van der Waals surface area contributed by atoms with Crippen molar-refractivity contribution >= 4 is 23.9 Å². The highest BCUT2D eigenvalue weighted by molar-refractivity contribution is 5.92. The summed E-state index contributed by atoms with van der Waals surface area (Å²) in [5, 5.41) is 0. The highest BCUT2D eigenvalue weighted by Gasteiger charge is 2.18. The van der Waals surface area contributed by atoms with Gasteiger partial charge in [-0.1, -0.05) is 192 Å². The molecule has 0 unspecified atom stereocenters. The predicted octanol–water partition coefficient (Wildman–Crippen LogP) is 18.6. The van der Waals surface area contributed by atoms with Crippen LogP contribution in [0.1, 0.15) is 190 Å². The zero-order chi connectivity index (χ0) is 56.6. The normalized spacial score (nSPS) is 11.8. The van der Waals surface area contributed by atoms with E-state index < -0.39 is 11.9 Å². The molecule has 0 aliphatic rings. The van der Waals surface area contributed by atoms with E-state index in [2.05, 4.69) is 13.8 Å². The molecule has 0 radical (unpaired) electrons. The lowest BCUT2D eigenvalue weighted by Gasteiger charge is -2.12. The summed E-state index contributed by atoms with van der Waals surface area (Å²) in [5.41, 5.74) is 4.82. The van der Waals surface area contributed by atoms with Gasteiger partial charge in [-0.15, -0.1) is 0 Å². The summed E-state index contributed by atoms with van der Waals surface area (Å²) in [6.45, 7) is 9.70. The Morgan fingerprint density at radius 2 is 0.550 bits per heavy atom. The molecular weight excluding hydrogens is 1000 g/mol. The van der Waals surface area contributed by atoms with E-state index in [-0.39, 0.29) is 23.8 Å². The van der Waals surface area contributed by atoms with Crippen LogP contribution in [0.5, 0.6) is 34.5 Å². The lowest BCUT2D eigenvalue weighted by Crippen LogP contribution is -2.18. The monoisotopic (exact) mass is 1090 g/mol. The molecule has 6 rings (SSSR count). The van der Waals surface area contributed by atoms with Crippen LogP contribution in [0.3, 0.4) is 0 Å². The van der Waals surface area contributed by atoms with Gasteiger partial charge in [-0.25, -0.2) is 9.59 Å². The van der Waals surface area contributed by atoms with Gasteiger partial charge in [0.25, 0.3) is 0 Å². The first-order chi connectivity index (χ1) is 39.1. The Kier molecular flexibility index (Phi) is 27.5. The molecule has 0 bridgehead atoms. The molecule has 10 nitrogen and oxygen atoms in total. The number of hydrogen-bond acceptors (Lipinski definition) is 10. The van der Waals surface area contributed by atoms with E-state index in [0.717, 1.165) is 124 Å². The fourth-order valence-corrected chi connectivity index (χ4v) is 9.34. The summed E-state index contributed by atoms with van der Waals surface area (Å²) < 4.78 is 34.4. The van der Waals surface area contributed by atoms with Crippen molar-refractivity contribution in [1.82, 2.24) is 0 Å². The summed E-state index contributed by atoms with van der Waals surface area (Å²) in [4.78, 5) is 51.6. The van der Waals surface area contributed by atoms with E-state index in [1.165, 1.54) is 64.2 Å². The van der Waals surface area contributed by atoms with Crippen LogP contribution in [0.4, 0.5) is 0 Å². The maximum absolute atomic E-state index is 12.9. The van der Waals surface area contributed by atoms with E-state index in [0.29, 0.717) is 34.1 Å². The highest BCUT2D eigenvalue weighted by atomic mass is 16.5. The molecule has 0 amide bonds. The fourth-order valence-electron chi connectivity index (χ4n) is 9.34. The Balaban J connectivity index is 0.764. The van der Waals surface area contributed by atoms with Gasteiger partial charge in [0.1, 0.15) is 34.5 Å². The number of carbonyl (C=O) groups is 4. The number of hydrogen-bond donors (Lipinski definition) is 0. The van der Waals surface area contributed by atoms with Crippen molar-refractivity contribution in [2.75, 3.05) is 13.2 Å². The van der Waals surface area contributed by atoms with Gasteiger partial charge in [0.05, 0.1) is 36.2 Å². The number of benzene rings is 6. The third-order valence-corrected chi connectivity index (χ3v) is 14.5. The third kappa shape index (κ3) is 22.5.